The minimum atomic E-state index is -0.665. The zero-order valence-electron chi connectivity index (χ0n) is 20.6. The van der Waals surface area contributed by atoms with E-state index in [1.807, 2.05) is 11.9 Å². The van der Waals surface area contributed by atoms with Gasteiger partial charge in [-0.05, 0) is 49.5 Å². The summed E-state index contributed by atoms with van der Waals surface area (Å²) in [5, 5.41) is 3.15. The lowest BCUT2D eigenvalue weighted by Crippen LogP contribution is -2.57. The number of hydrogen-bond acceptors (Lipinski definition) is 5. The smallest absolute Gasteiger partial charge is 0.274 e. The number of likely N-dealkylation sites (N-methyl/N-ethyl adjacent to an activating group) is 1. The van der Waals surface area contributed by atoms with Crippen LogP contribution in [0.1, 0.15) is 48.7 Å². The summed E-state index contributed by atoms with van der Waals surface area (Å²) in [6.07, 6.45) is 7.76. The van der Waals surface area contributed by atoms with Gasteiger partial charge in [-0.2, -0.15) is 0 Å². The van der Waals surface area contributed by atoms with E-state index in [0.717, 1.165) is 19.0 Å². The van der Waals surface area contributed by atoms with Gasteiger partial charge in [0.05, 0.1) is 30.1 Å². The third-order valence-corrected chi connectivity index (χ3v) is 7.62. The van der Waals surface area contributed by atoms with Crippen molar-refractivity contribution in [2.75, 3.05) is 26.7 Å². The minimum absolute atomic E-state index is 0.141. The first-order valence-electron chi connectivity index (χ1n) is 12.2. The number of aromatic nitrogens is 3. The maximum atomic E-state index is 14.1. The van der Waals surface area contributed by atoms with Gasteiger partial charge in [0.2, 0.25) is 5.91 Å². The molecule has 2 aromatic heterocycles. The van der Waals surface area contributed by atoms with Crippen molar-refractivity contribution in [3.8, 4) is 0 Å². The molecule has 5 rings (SSSR count). The Labute approximate surface area is 208 Å². The van der Waals surface area contributed by atoms with Crippen LogP contribution in [0.4, 0.5) is 8.78 Å². The Morgan fingerprint density at radius 3 is 2.58 bits per heavy atom. The largest absolute Gasteiger partial charge is 0.350 e. The number of piperidine rings is 1. The Morgan fingerprint density at radius 1 is 1.14 bits per heavy atom. The number of amides is 2. The second kappa shape index (κ2) is 9.24. The maximum Gasteiger partial charge on any atom is 0.274 e. The Kier molecular flexibility index (Phi) is 6.23. The van der Waals surface area contributed by atoms with Crippen LogP contribution in [0.3, 0.4) is 0 Å². The van der Waals surface area contributed by atoms with Gasteiger partial charge in [0.25, 0.3) is 5.91 Å². The van der Waals surface area contributed by atoms with E-state index >= 15 is 0 Å². The average molecular weight is 497 g/mol. The number of hydrogen-bond donors (Lipinski definition) is 1. The summed E-state index contributed by atoms with van der Waals surface area (Å²) in [6.45, 7) is 5.49. The summed E-state index contributed by atoms with van der Waals surface area (Å²) < 4.78 is 29.9. The van der Waals surface area contributed by atoms with Crippen molar-refractivity contribution in [2.45, 2.75) is 44.7 Å². The molecule has 0 aliphatic carbocycles. The molecule has 2 fully saturated rings. The number of rotatable bonds is 4. The van der Waals surface area contributed by atoms with E-state index in [-0.39, 0.29) is 41.4 Å². The SMILES string of the molecule is CN1CCC(C)(C)[C@@H]1C(=O)N[C@@H]1CN(C(=O)c2nccn3cncc23)CC[C@H]1c1cc(F)cc(F)c1. The molecule has 0 bridgehead atoms. The van der Waals surface area contributed by atoms with Crippen LogP contribution in [-0.2, 0) is 4.79 Å². The Balaban J connectivity index is 1.44. The van der Waals surface area contributed by atoms with E-state index in [0.29, 0.717) is 24.0 Å². The van der Waals surface area contributed by atoms with Crippen molar-refractivity contribution in [2.24, 2.45) is 5.41 Å². The van der Waals surface area contributed by atoms with Crippen LogP contribution in [0.2, 0.25) is 0 Å². The molecule has 1 aromatic carbocycles. The predicted molar refractivity (Wildman–Crippen MR) is 129 cm³/mol. The third-order valence-electron chi connectivity index (χ3n) is 7.62. The Hall–Kier alpha value is -3.40. The molecule has 0 radical (unpaired) electrons. The summed E-state index contributed by atoms with van der Waals surface area (Å²) >= 11 is 0. The maximum absolute atomic E-state index is 14.1. The van der Waals surface area contributed by atoms with Gasteiger partial charge < -0.3 is 14.6 Å². The van der Waals surface area contributed by atoms with Gasteiger partial charge >= 0.3 is 0 Å². The fourth-order valence-electron chi connectivity index (χ4n) is 5.78. The number of fused-ring (bicyclic) bond motifs is 1. The molecular weight excluding hydrogens is 466 g/mol. The second-order valence-electron chi connectivity index (χ2n) is 10.5. The zero-order valence-corrected chi connectivity index (χ0v) is 20.6. The van der Waals surface area contributed by atoms with E-state index in [1.54, 1.807) is 34.2 Å². The van der Waals surface area contributed by atoms with E-state index in [2.05, 4.69) is 29.1 Å². The molecule has 8 nitrogen and oxygen atoms in total. The minimum Gasteiger partial charge on any atom is -0.350 e. The van der Waals surface area contributed by atoms with Crippen LogP contribution in [-0.4, -0.2) is 74.7 Å². The molecule has 0 saturated carbocycles. The highest BCUT2D eigenvalue weighted by Gasteiger charge is 2.45. The number of benzene rings is 1. The molecule has 2 aliphatic rings. The topological polar surface area (TPSA) is 82.8 Å². The zero-order chi connectivity index (χ0) is 25.6. The first-order chi connectivity index (χ1) is 17.1. The van der Waals surface area contributed by atoms with Crippen LogP contribution >= 0.6 is 0 Å². The third kappa shape index (κ3) is 4.45. The van der Waals surface area contributed by atoms with E-state index in [9.17, 15) is 18.4 Å². The van der Waals surface area contributed by atoms with E-state index < -0.39 is 17.7 Å². The number of carbonyl (C=O) groups excluding carboxylic acids is 2. The molecule has 3 atom stereocenters. The lowest BCUT2D eigenvalue weighted by molar-refractivity contribution is -0.128. The lowest BCUT2D eigenvalue weighted by Gasteiger charge is -2.40. The standard InChI is InChI=1S/C26H30F2N6O2/c1-26(2)5-8-32(3)23(26)24(35)31-20-14-33(7-4-19(20)16-10-17(27)12-18(28)11-16)25(36)22-21-13-29-15-34(21)9-6-30-22/h6,9-13,15,19-20,23H,4-5,7-8,14H2,1-3H3,(H,31,35)/t19-,20+,23-/m0/s1. The van der Waals surface area contributed by atoms with Gasteiger partial charge in [0, 0.05) is 37.5 Å². The summed E-state index contributed by atoms with van der Waals surface area (Å²) in [4.78, 5) is 39.1. The van der Waals surface area contributed by atoms with Crippen LogP contribution in [0.25, 0.3) is 5.52 Å². The summed E-state index contributed by atoms with van der Waals surface area (Å²) in [5.41, 5.74) is 1.11. The van der Waals surface area contributed by atoms with Crippen LogP contribution in [0.5, 0.6) is 0 Å². The fourth-order valence-corrected chi connectivity index (χ4v) is 5.78. The van der Waals surface area contributed by atoms with Crippen molar-refractivity contribution in [3.05, 3.63) is 66.0 Å². The number of nitrogens with one attached hydrogen (secondary N) is 1. The molecule has 2 aliphatic heterocycles. The normalized spacial score (nSPS) is 24.2. The highest BCUT2D eigenvalue weighted by atomic mass is 19.1. The summed E-state index contributed by atoms with van der Waals surface area (Å²) in [6, 6.07) is 2.60. The van der Waals surface area contributed by atoms with Crippen molar-refractivity contribution in [3.63, 3.8) is 0 Å². The highest BCUT2D eigenvalue weighted by Crippen LogP contribution is 2.36. The highest BCUT2D eigenvalue weighted by molar-refractivity contribution is 5.98. The molecule has 10 heteroatoms. The quantitative estimate of drug-likeness (QED) is 0.601. The van der Waals surface area contributed by atoms with Gasteiger partial charge in [0.15, 0.2) is 5.69 Å². The average Bonchev–Trinajstić information content (AvgIpc) is 3.41. The van der Waals surface area contributed by atoms with E-state index in [1.165, 1.54) is 12.1 Å². The number of nitrogens with zero attached hydrogens (tertiary/aromatic N) is 5. The predicted octanol–water partition coefficient (Wildman–Crippen LogP) is 2.85. The lowest BCUT2D eigenvalue weighted by atomic mass is 9.82. The Bertz CT molecular complexity index is 1290. The van der Waals surface area contributed by atoms with Crippen molar-refractivity contribution >= 4 is 17.3 Å². The fraction of sp³-hybridized carbons (Fsp3) is 0.462. The first-order valence-corrected chi connectivity index (χ1v) is 12.2. The first kappa shape index (κ1) is 24.3. The van der Waals surface area contributed by atoms with Crippen LogP contribution < -0.4 is 5.32 Å². The molecule has 0 spiro atoms. The molecule has 190 valence electrons. The van der Waals surface area contributed by atoms with Crippen LogP contribution in [0.15, 0.2) is 43.1 Å². The molecule has 2 saturated heterocycles. The summed E-state index contributed by atoms with van der Waals surface area (Å²) in [7, 11) is 1.92. The summed E-state index contributed by atoms with van der Waals surface area (Å²) in [5.74, 6) is -2.10. The monoisotopic (exact) mass is 496 g/mol. The molecule has 2 amide bonds. The van der Waals surface area contributed by atoms with Gasteiger partial charge in [-0.1, -0.05) is 13.8 Å². The van der Waals surface area contributed by atoms with Crippen molar-refractivity contribution in [1.29, 1.82) is 0 Å². The van der Waals surface area contributed by atoms with E-state index in [4.69, 9.17) is 0 Å². The van der Waals surface area contributed by atoms with Crippen molar-refractivity contribution in [1.82, 2.24) is 29.5 Å². The molecule has 36 heavy (non-hydrogen) atoms. The number of halogens is 2. The molecule has 0 unspecified atom stereocenters. The number of likely N-dealkylation sites (tertiary alicyclic amines) is 2. The van der Waals surface area contributed by atoms with Gasteiger partial charge in [-0.3, -0.25) is 14.5 Å². The number of imidazole rings is 1. The molecule has 4 heterocycles. The molecule has 1 N–H and O–H groups in total. The number of carbonyl (C=O) groups is 2. The van der Waals surface area contributed by atoms with Gasteiger partial charge in [-0.15, -0.1) is 0 Å². The van der Waals surface area contributed by atoms with Gasteiger partial charge in [-0.25, -0.2) is 18.7 Å². The Morgan fingerprint density at radius 2 is 1.89 bits per heavy atom. The van der Waals surface area contributed by atoms with Crippen molar-refractivity contribution < 1.29 is 18.4 Å². The van der Waals surface area contributed by atoms with Crippen LogP contribution in [0, 0.1) is 17.0 Å². The molecule has 3 aromatic rings. The van der Waals surface area contributed by atoms with Gasteiger partial charge in [0.1, 0.15) is 11.6 Å². The molecular formula is C26H30F2N6O2. The second-order valence-corrected chi connectivity index (χ2v) is 10.5.